The third kappa shape index (κ3) is 3.92. The van der Waals surface area contributed by atoms with Gasteiger partial charge in [0.2, 0.25) is 5.91 Å². The van der Waals surface area contributed by atoms with Crippen molar-refractivity contribution in [1.29, 1.82) is 0 Å². The number of nitrogens with zero attached hydrogens (tertiary/aromatic N) is 4. The largest absolute Gasteiger partial charge is 0.307 e. The van der Waals surface area contributed by atoms with Crippen molar-refractivity contribution in [3.05, 3.63) is 63.5 Å². The molecule has 1 amide bonds. The van der Waals surface area contributed by atoms with Crippen LogP contribution in [0, 0.1) is 13.8 Å². The van der Waals surface area contributed by atoms with Gasteiger partial charge in [-0.15, -0.1) is 0 Å². The van der Waals surface area contributed by atoms with E-state index in [0.29, 0.717) is 28.1 Å². The fourth-order valence-corrected chi connectivity index (χ4v) is 2.86. The molecule has 136 valence electrons. The summed E-state index contributed by atoms with van der Waals surface area (Å²) in [5.74, 6) is 0.271. The van der Waals surface area contributed by atoms with E-state index in [0.717, 1.165) is 11.3 Å². The Morgan fingerprint density at radius 3 is 2.58 bits per heavy atom. The molecule has 1 unspecified atom stereocenters. The summed E-state index contributed by atoms with van der Waals surface area (Å²) in [5, 5.41) is 12.7. The molecule has 0 aliphatic rings. The van der Waals surface area contributed by atoms with Crippen LogP contribution in [-0.4, -0.2) is 25.5 Å². The number of hydrogen-bond acceptors (Lipinski definition) is 3. The zero-order chi connectivity index (χ0) is 18.8. The van der Waals surface area contributed by atoms with Gasteiger partial charge in [0.1, 0.15) is 6.04 Å². The molecule has 6 nitrogen and oxygen atoms in total. The highest BCUT2D eigenvalue weighted by molar-refractivity contribution is 6.31. The number of aryl methyl sites for hydroxylation is 2. The summed E-state index contributed by atoms with van der Waals surface area (Å²) in [6.45, 7) is 6.01. The lowest BCUT2D eigenvalue weighted by atomic mass is 10.2. The summed E-state index contributed by atoms with van der Waals surface area (Å²) >= 11 is 12.2. The lowest BCUT2D eigenvalue weighted by Crippen LogP contribution is -2.24. The number of halogens is 2. The molecule has 8 heteroatoms. The first kappa shape index (κ1) is 18.5. The Morgan fingerprint density at radius 1 is 1.19 bits per heavy atom. The van der Waals surface area contributed by atoms with Gasteiger partial charge in [-0.25, -0.2) is 0 Å². The molecule has 1 atom stereocenters. The molecule has 1 N–H and O–H groups in total. The van der Waals surface area contributed by atoms with Crippen LogP contribution in [0.1, 0.15) is 29.9 Å². The predicted octanol–water partition coefficient (Wildman–Crippen LogP) is 4.25. The van der Waals surface area contributed by atoms with Gasteiger partial charge < -0.3 is 5.32 Å². The maximum absolute atomic E-state index is 12.5. The quantitative estimate of drug-likeness (QED) is 0.706. The summed E-state index contributed by atoms with van der Waals surface area (Å²) in [4.78, 5) is 12.5. The first-order chi connectivity index (χ1) is 12.3. The lowest BCUT2D eigenvalue weighted by molar-refractivity contribution is -0.119. The van der Waals surface area contributed by atoms with Crippen molar-refractivity contribution in [2.45, 2.75) is 33.4 Å². The van der Waals surface area contributed by atoms with Crippen molar-refractivity contribution in [3.63, 3.8) is 0 Å². The molecule has 0 saturated heterocycles. The summed E-state index contributed by atoms with van der Waals surface area (Å²) < 4.78 is 3.34. The van der Waals surface area contributed by atoms with Crippen LogP contribution in [0.15, 0.2) is 36.5 Å². The Labute approximate surface area is 161 Å². The number of amides is 1. The molecule has 1 aromatic carbocycles. The molecule has 0 radical (unpaired) electrons. The number of aromatic nitrogens is 4. The highest BCUT2D eigenvalue weighted by atomic mass is 35.5. The minimum Gasteiger partial charge on any atom is -0.307 e. The highest BCUT2D eigenvalue weighted by Crippen LogP contribution is 2.20. The number of rotatable bonds is 5. The van der Waals surface area contributed by atoms with Gasteiger partial charge in [0.25, 0.3) is 0 Å². The van der Waals surface area contributed by atoms with E-state index in [2.05, 4.69) is 15.5 Å². The third-order valence-electron chi connectivity index (χ3n) is 4.14. The molecule has 0 bridgehead atoms. The van der Waals surface area contributed by atoms with E-state index < -0.39 is 6.04 Å². The first-order valence-electron chi connectivity index (χ1n) is 8.15. The second-order valence-electron chi connectivity index (χ2n) is 6.13. The number of hydrogen-bond donors (Lipinski definition) is 1. The topological polar surface area (TPSA) is 64.7 Å². The third-order valence-corrected chi connectivity index (χ3v) is 4.88. The lowest BCUT2D eigenvalue weighted by Gasteiger charge is -2.11. The van der Waals surface area contributed by atoms with Gasteiger partial charge in [-0.2, -0.15) is 10.2 Å². The molecule has 0 saturated carbocycles. The standard InChI is InChI=1S/C18H19Cl2N5O/c1-11-8-17(23-24(11)9-14-6-4-5-7-15(14)19)21-18(26)13(3)25-10-16(20)12(2)22-25/h4-8,10,13H,9H2,1-3H3,(H,21,23,26). The molecule has 2 aromatic heterocycles. The molecule has 0 fully saturated rings. The molecule has 26 heavy (non-hydrogen) atoms. The van der Waals surface area contributed by atoms with Gasteiger partial charge in [0.15, 0.2) is 5.82 Å². The number of carbonyl (C=O) groups excluding carboxylic acids is 1. The van der Waals surface area contributed by atoms with Gasteiger partial charge in [0.05, 0.1) is 17.3 Å². The Balaban J connectivity index is 1.72. The average molecular weight is 392 g/mol. The molecule has 3 rings (SSSR count). The minimum atomic E-state index is -0.504. The van der Waals surface area contributed by atoms with Crippen LogP contribution in [0.4, 0.5) is 5.82 Å². The van der Waals surface area contributed by atoms with Gasteiger partial charge >= 0.3 is 0 Å². The number of nitrogens with one attached hydrogen (secondary N) is 1. The van der Waals surface area contributed by atoms with Gasteiger partial charge in [-0.3, -0.25) is 14.2 Å². The van der Waals surface area contributed by atoms with Crippen LogP contribution in [0.25, 0.3) is 0 Å². The van der Waals surface area contributed by atoms with Crippen LogP contribution in [0.2, 0.25) is 10.0 Å². The number of carbonyl (C=O) groups is 1. The molecule has 0 spiro atoms. The maximum Gasteiger partial charge on any atom is 0.250 e. The van der Waals surface area contributed by atoms with E-state index in [-0.39, 0.29) is 5.91 Å². The van der Waals surface area contributed by atoms with Crippen LogP contribution >= 0.6 is 23.2 Å². The van der Waals surface area contributed by atoms with Crippen LogP contribution in [-0.2, 0) is 11.3 Å². The molecular weight excluding hydrogens is 373 g/mol. The molecular formula is C18H19Cl2N5O. The van der Waals surface area contributed by atoms with E-state index in [1.165, 1.54) is 0 Å². The summed E-state index contributed by atoms with van der Waals surface area (Å²) in [7, 11) is 0. The van der Waals surface area contributed by atoms with Crippen LogP contribution < -0.4 is 5.32 Å². The van der Waals surface area contributed by atoms with E-state index in [1.54, 1.807) is 29.4 Å². The molecule has 2 heterocycles. The maximum atomic E-state index is 12.5. The Kier molecular flexibility index (Phi) is 5.34. The van der Waals surface area contributed by atoms with Gasteiger partial charge in [0, 0.05) is 23.0 Å². The average Bonchev–Trinajstić information content (AvgIpc) is 3.11. The molecule has 0 aliphatic carbocycles. The van der Waals surface area contributed by atoms with Crippen molar-refractivity contribution in [1.82, 2.24) is 19.6 Å². The van der Waals surface area contributed by atoms with E-state index in [1.807, 2.05) is 37.3 Å². The van der Waals surface area contributed by atoms with Crippen molar-refractivity contribution in [2.75, 3.05) is 5.32 Å². The molecule has 0 aliphatic heterocycles. The van der Waals surface area contributed by atoms with Crippen LogP contribution in [0.5, 0.6) is 0 Å². The van der Waals surface area contributed by atoms with E-state index in [9.17, 15) is 4.79 Å². The number of anilines is 1. The Bertz CT molecular complexity index is 927. The minimum absolute atomic E-state index is 0.216. The predicted molar refractivity (Wildman–Crippen MR) is 103 cm³/mol. The zero-order valence-electron chi connectivity index (χ0n) is 14.7. The first-order valence-corrected chi connectivity index (χ1v) is 8.90. The van der Waals surface area contributed by atoms with Crippen molar-refractivity contribution in [3.8, 4) is 0 Å². The van der Waals surface area contributed by atoms with E-state index >= 15 is 0 Å². The fourth-order valence-electron chi connectivity index (χ4n) is 2.53. The van der Waals surface area contributed by atoms with Crippen molar-refractivity contribution in [2.24, 2.45) is 0 Å². The summed E-state index contributed by atoms with van der Waals surface area (Å²) in [5.41, 5.74) is 2.57. The zero-order valence-corrected chi connectivity index (χ0v) is 16.2. The fraction of sp³-hybridized carbons (Fsp3) is 0.278. The molecule has 3 aromatic rings. The SMILES string of the molecule is Cc1nn(C(C)C(=O)Nc2cc(C)n(Cc3ccccc3Cl)n2)cc1Cl. The van der Waals surface area contributed by atoms with E-state index in [4.69, 9.17) is 23.2 Å². The normalized spacial score (nSPS) is 12.2. The second-order valence-corrected chi connectivity index (χ2v) is 6.94. The monoisotopic (exact) mass is 391 g/mol. The smallest absolute Gasteiger partial charge is 0.250 e. The van der Waals surface area contributed by atoms with Gasteiger partial charge in [-0.1, -0.05) is 41.4 Å². The Morgan fingerprint density at radius 2 is 1.92 bits per heavy atom. The van der Waals surface area contributed by atoms with Gasteiger partial charge in [-0.05, 0) is 32.4 Å². The second kappa shape index (κ2) is 7.51. The van der Waals surface area contributed by atoms with Crippen molar-refractivity contribution < 1.29 is 4.79 Å². The van der Waals surface area contributed by atoms with Crippen molar-refractivity contribution >= 4 is 34.9 Å². The summed E-state index contributed by atoms with van der Waals surface area (Å²) in [6, 6.07) is 8.93. The summed E-state index contributed by atoms with van der Waals surface area (Å²) in [6.07, 6.45) is 1.64. The Hall–Kier alpha value is -2.31. The van der Waals surface area contributed by atoms with Crippen LogP contribution in [0.3, 0.4) is 0 Å². The number of benzene rings is 1. The highest BCUT2D eigenvalue weighted by Gasteiger charge is 2.19.